The van der Waals surface area contributed by atoms with E-state index in [0.717, 1.165) is 22.6 Å². The number of imidazole rings is 1. The van der Waals surface area contributed by atoms with Crippen molar-refractivity contribution in [3.8, 4) is 11.4 Å². The van der Waals surface area contributed by atoms with E-state index in [4.69, 9.17) is 0 Å². The molecule has 3 aromatic rings. The second kappa shape index (κ2) is 6.12. The van der Waals surface area contributed by atoms with E-state index in [9.17, 15) is 13.2 Å². The Morgan fingerprint density at radius 1 is 1.17 bits per heavy atom. The molecule has 0 fully saturated rings. The molecule has 0 radical (unpaired) electrons. The topological polar surface area (TPSA) is 30.7 Å². The number of halogens is 3. The van der Waals surface area contributed by atoms with Gasteiger partial charge in [-0.15, -0.1) is 11.8 Å². The van der Waals surface area contributed by atoms with Gasteiger partial charge in [0.15, 0.2) is 0 Å². The van der Waals surface area contributed by atoms with E-state index in [1.54, 1.807) is 24.2 Å². The fourth-order valence-corrected chi connectivity index (χ4v) is 3.45. The predicted molar refractivity (Wildman–Crippen MR) is 89.9 cm³/mol. The first-order chi connectivity index (χ1) is 11.3. The van der Waals surface area contributed by atoms with Crippen LogP contribution in [-0.2, 0) is 13.2 Å². The number of aromatic nitrogens is 3. The largest absolute Gasteiger partial charge is 0.416 e. The normalized spacial score (nSPS) is 12.3. The molecule has 2 heterocycles. The maximum absolute atomic E-state index is 12.9. The maximum Gasteiger partial charge on any atom is 0.416 e. The first-order valence-corrected chi connectivity index (χ1v) is 8.30. The molecule has 7 heteroatoms. The maximum atomic E-state index is 12.9. The quantitative estimate of drug-likeness (QED) is 0.611. The average Bonchev–Trinajstić information content (AvgIpc) is 2.83. The Bertz CT molecular complexity index is 884. The minimum absolute atomic E-state index is 0.333. The third-order valence-corrected chi connectivity index (χ3v) is 4.65. The van der Waals surface area contributed by atoms with Gasteiger partial charge >= 0.3 is 6.18 Å². The van der Waals surface area contributed by atoms with Crippen LogP contribution in [0, 0.1) is 0 Å². The van der Waals surface area contributed by atoms with E-state index < -0.39 is 11.7 Å². The number of rotatable bonds is 3. The molecule has 0 aliphatic rings. The van der Waals surface area contributed by atoms with E-state index in [1.807, 2.05) is 17.7 Å². The lowest BCUT2D eigenvalue weighted by molar-refractivity contribution is -0.137. The van der Waals surface area contributed by atoms with Gasteiger partial charge in [0.05, 0.1) is 16.6 Å². The highest BCUT2D eigenvalue weighted by Gasteiger charge is 2.31. The molecule has 1 aromatic carbocycles. The first-order valence-electron chi connectivity index (χ1n) is 7.42. The molecule has 0 aliphatic carbocycles. The molecule has 0 amide bonds. The fraction of sp³-hybridized carbons (Fsp3) is 0.294. The molecule has 0 unspecified atom stereocenters. The third kappa shape index (κ3) is 3.13. The number of pyridine rings is 1. The summed E-state index contributed by atoms with van der Waals surface area (Å²) in [7, 11) is 1.81. The Kier molecular flexibility index (Phi) is 4.29. The molecule has 0 bridgehead atoms. The van der Waals surface area contributed by atoms with E-state index in [1.165, 1.54) is 6.07 Å². The molecule has 0 spiro atoms. The molecule has 0 saturated carbocycles. The van der Waals surface area contributed by atoms with Crippen molar-refractivity contribution in [2.75, 3.05) is 0 Å². The van der Waals surface area contributed by atoms with Gasteiger partial charge in [0.1, 0.15) is 5.82 Å². The van der Waals surface area contributed by atoms with Crippen molar-refractivity contribution >= 4 is 22.8 Å². The summed E-state index contributed by atoms with van der Waals surface area (Å²) < 4.78 is 40.5. The average molecular weight is 351 g/mol. The number of hydrogen-bond donors (Lipinski definition) is 0. The molecular formula is C17H16F3N3S. The van der Waals surface area contributed by atoms with Gasteiger partial charge in [-0.1, -0.05) is 13.8 Å². The summed E-state index contributed by atoms with van der Waals surface area (Å²) in [4.78, 5) is 9.55. The monoisotopic (exact) mass is 351 g/mol. The molecule has 3 nitrogen and oxygen atoms in total. The van der Waals surface area contributed by atoms with Crippen molar-refractivity contribution in [3.05, 3.63) is 42.2 Å². The third-order valence-electron chi connectivity index (χ3n) is 3.60. The minimum atomic E-state index is -4.37. The van der Waals surface area contributed by atoms with Gasteiger partial charge in [0.25, 0.3) is 0 Å². The number of thioether (sulfide) groups is 1. The minimum Gasteiger partial charge on any atom is -0.327 e. The summed E-state index contributed by atoms with van der Waals surface area (Å²) in [6.45, 7) is 4.15. The fourth-order valence-electron chi connectivity index (χ4n) is 2.53. The molecule has 126 valence electrons. The van der Waals surface area contributed by atoms with Gasteiger partial charge in [0.2, 0.25) is 0 Å². The molecule has 2 aromatic heterocycles. The van der Waals surface area contributed by atoms with Gasteiger partial charge in [-0.2, -0.15) is 13.2 Å². The Morgan fingerprint density at radius 2 is 1.92 bits per heavy atom. The van der Waals surface area contributed by atoms with Gasteiger partial charge in [-0.25, -0.2) is 4.98 Å². The zero-order valence-corrected chi connectivity index (χ0v) is 14.2. The first kappa shape index (κ1) is 16.8. The van der Waals surface area contributed by atoms with Crippen LogP contribution in [0.3, 0.4) is 0 Å². The van der Waals surface area contributed by atoms with Gasteiger partial charge < -0.3 is 4.57 Å². The second-order valence-corrected chi connectivity index (χ2v) is 7.35. The predicted octanol–water partition coefficient (Wildman–Crippen LogP) is 5.15. The Balaban J connectivity index is 2.16. The van der Waals surface area contributed by atoms with Crippen LogP contribution in [-0.4, -0.2) is 19.8 Å². The molecule has 0 N–H and O–H groups in total. The standard InChI is InChI=1S/C17H16F3N3S/c1-10(2)24-15-9-21-7-6-12(15)16-22-13-8-11(17(18,19)20)4-5-14(13)23(16)3/h4-10H,1-3H3. The summed E-state index contributed by atoms with van der Waals surface area (Å²) in [5.74, 6) is 0.634. The van der Waals surface area contributed by atoms with Crippen molar-refractivity contribution in [2.45, 2.75) is 30.2 Å². The zero-order valence-electron chi connectivity index (χ0n) is 13.4. The van der Waals surface area contributed by atoms with E-state index >= 15 is 0 Å². The number of nitrogens with zero attached hydrogens (tertiary/aromatic N) is 3. The van der Waals surface area contributed by atoms with Crippen LogP contribution in [0.1, 0.15) is 19.4 Å². The summed E-state index contributed by atoms with van der Waals surface area (Å²) in [5.41, 5.74) is 1.18. The van der Waals surface area contributed by atoms with Crippen molar-refractivity contribution in [3.63, 3.8) is 0 Å². The highest BCUT2D eigenvalue weighted by atomic mass is 32.2. The number of hydrogen-bond acceptors (Lipinski definition) is 3. The van der Waals surface area contributed by atoms with Crippen LogP contribution in [0.15, 0.2) is 41.6 Å². The van der Waals surface area contributed by atoms with Crippen molar-refractivity contribution in [1.29, 1.82) is 0 Å². The molecular weight excluding hydrogens is 335 g/mol. The van der Waals surface area contributed by atoms with Crippen molar-refractivity contribution < 1.29 is 13.2 Å². The molecule has 0 saturated heterocycles. The smallest absolute Gasteiger partial charge is 0.327 e. The summed E-state index contributed by atoms with van der Waals surface area (Å²) >= 11 is 1.65. The van der Waals surface area contributed by atoms with Gasteiger partial charge in [0, 0.05) is 35.2 Å². The molecule has 0 atom stereocenters. The van der Waals surface area contributed by atoms with Crippen LogP contribution in [0.25, 0.3) is 22.4 Å². The Labute approximate surface area is 141 Å². The lowest BCUT2D eigenvalue weighted by Gasteiger charge is -2.10. The summed E-state index contributed by atoms with van der Waals surface area (Å²) in [6, 6.07) is 5.49. The van der Waals surface area contributed by atoms with E-state index in [2.05, 4.69) is 23.8 Å². The lowest BCUT2D eigenvalue weighted by atomic mass is 10.2. The van der Waals surface area contributed by atoms with Crippen LogP contribution >= 0.6 is 11.8 Å². The highest BCUT2D eigenvalue weighted by Crippen LogP contribution is 2.35. The van der Waals surface area contributed by atoms with E-state index in [0.29, 0.717) is 22.1 Å². The highest BCUT2D eigenvalue weighted by molar-refractivity contribution is 8.00. The Hall–Kier alpha value is -2.02. The SMILES string of the molecule is CC(C)Sc1cnccc1-c1nc2cc(C(F)(F)F)ccc2n1C. The zero-order chi connectivity index (χ0) is 17.5. The molecule has 3 rings (SSSR count). The lowest BCUT2D eigenvalue weighted by Crippen LogP contribution is -2.04. The van der Waals surface area contributed by atoms with Crippen LogP contribution in [0.5, 0.6) is 0 Å². The van der Waals surface area contributed by atoms with E-state index in [-0.39, 0.29) is 0 Å². The summed E-state index contributed by atoms with van der Waals surface area (Å²) in [6.07, 6.45) is -0.943. The number of alkyl halides is 3. The molecule has 0 aliphatic heterocycles. The van der Waals surface area contributed by atoms with Crippen LogP contribution in [0.4, 0.5) is 13.2 Å². The number of benzene rings is 1. The van der Waals surface area contributed by atoms with Gasteiger partial charge in [-0.3, -0.25) is 4.98 Å². The van der Waals surface area contributed by atoms with Crippen molar-refractivity contribution in [2.24, 2.45) is 7.05 Å². The van der Waals surface area contributed by atoms with Crippen LogP contribution in [0.2, 0.25) is 0 Å². The second-order valence-electron chi connectivity index (χ2n) is 5.73. The molecule has 24 heavy (non-hydrogen) atoms. The van der Waals surface area contributed by atoms with Crippen LogP contribution < -0.4 is 0 Å². The Morgan fingerprint density at radius 3 is 2.58 bits per heavy atom. The number of aryl methyl sites for hydroxylation is 1. The van der Waals surface area contributed by atoms with Gasteiger partial charge in [-0.05, 0) is 24.3 Å². The van der Waals surface area contributed by atoms with Crippen molar-refractivity contribution in [1.82, 2.24) is 14.5 Å². The summed E-state index contributed by atoms with van der Waals surface area (Å²) in [5, 5.41) is 0.361. The number of fused-ring (bicyclic) bond motifs is 1.